The molecular weight excluding hydrogens is 772 g/mol. The van der Waals surface area contributed by atoms with E-state index >= 15 is 0 Å². The molecule has 39 heavy (non-hydrogen) atoms. The summed E-state index contributed by atoms with van der Waals surface area (Å²) < 4.78 is 24.5. The molecule has 0 saturated carbocycles. The Morgan fingerprint density at radius 2 is 1.13 bits per heavy atom. The Morgan fingerprint density at radius 1 is 0.769 bits per heavy atom. The quantitative estimate of drug-likeness (QED) is 0.111. The molecule has 0 saturated heterocycles. The van der Waals surface area contributed by atoms with E-state index in [4.69, 9.17) is 19.7 Å². The molecule has 0 atom stereocenters. The number of hydrogen-bond acceptors (Lipinski definition) is 6. The third-order valence-corrected chi connectivity index (χ3v) is 8.78. The van der Waals surface area contributed by atoms with Crippen molar-refractivity contribution in [1.29, 1.82) is 0 Å². The summed E-state index contributed by atoms with van der Waals surface area (Å²) in [5.74, 6) is 1.02. The van der Waals surface area contributed by atoms with Crippen LogP contribution in [0.2, 0.25) is 0 Å². The third kappa shape index (κ3) is 8.48. The predicted molar refractivity (Wildman–Crippen MR) is 163 cm³/mol. The molecule has 0 fully saturated rings. The van der Waals surface area contributed by atoms with Crippen molar-refractivity contribution in [2.75, 3.05) is 26.4 Å². The number of ether oxygens (including phenoxy) is 4. The maximum absolute atomic E-state index is 10.8. The highest BCUT2D eigenvalue weighted by atomic mass is 79.9. The fourth-order valence-corrected chi connectivity index (χ4v) is 6.96. The van der Waals surface area contributed by atoms with E-state index in [-0.39, 0.29) is 26.4 Å². The van der Waals surface area contributed by atoms with Crippen molar-refractivity contribution in [2.24, 2.45) is 0 Å². The molecule has 2 rings (SSSR count). The van der Waals surface area contributed by atoms with Crippen molar-refractivity contribution >= 4 is 76.0 Å². The summed E-state index contributed by atoms with van der Waals surface area (Å²) in [6.07, 6.45) is 1.87. The fraction of sp³-hybridized carbons (Fsp3) is 0.333. The summed E-state index contributed by atoms with van der Waals surface area (Å²) in [6.45, 7) is 11.3. The zero-order valence-electron chi connectivity index (χ0n) is 21.3. The Morgan fingerprint density at radius 3 is 1.44 bits per heavy atom. The second-order valence-electron chi connectivity index (χ2n) is 8.59. The van der Waals surface area contributed by atoms with E-state index in [0.717, 1.165) is 31.2 Å². The van der Waals surface area contributed by atoms with Crippen molar-refractivity contribution in [3.63, 3.8) is 0 Å². The molecule has 0 spiro atoms. The van der Waals surface area contributed by atoms with Crippen LogP contribution in [0.15, 0.2) is 55.3 Å². The van der Waals surface area contributed by atoms with Crippen molar-refractivity contribution in [1.82, 2.24) is 0 Å². The van der Waals surface area contributed by atoms with E-state index in [2.05, 4.69) is 86.4 Å². The maximum atomic E-state index is 10.8. The van der Waals surface area contributed by atoms with E-state index in [9.17, 15) is 9.59 Å². The van der Waals surface area contributed by atoms with E-state index in [0.29, 0.717) is 33.3 Å². The summed E-state index contributed by atoms with van der Waals surface area (Å²) in [5, 5.41) is 17.7. The minimum atomic E-state index is -1.38. The van der Waals surface area contributed by atoms with Gasteiger partial charge >= 0.3 is 12.3 Å². The molecule has 2 aromatic rings. The molecule has 0 aliphatic heterocycles. The molecule has 12 heteroatoms. The van der Waals surface area contributed by atoms with E-state index in [1.165, 1.54) is 0 Å². The number of benzene rings is 2. The minimum Gasteiger partial charge on any atom is -0.489 e. The van der Waals surface area contributed by atoms with Crippen LogP contribution in [-0.4, -0.2) is 49.0 Å². The number of carboxylic acid groups (broad SMARTS) is 2. The second kappa shape index (κ2) is 15.1. The average molecular weight is 800 g/mol. The Hall–Kier alpha value is -2.02. The Bertz CT molecular complexity index is 1150. The highest BCUT2D eigenvalue weighted by Crippen LogP contribution is 2.50. The Balaban J connectivity index is 2.72. The zero-order chi connectivity index (χ0) is 29.3. The molecule has 0 aliphatic carbocycles. The lowest BCUT2D eigenvalue weighted by atomic mass is 9.76. The average Bonchev–Trinajstić information content (AvgIpc) is 2.85. The van der Waals surface area contributed by atoms with Gasteiger partial charge in [-0.15, -0.1) is 13.2 Å². The number of allylic oxidation sites excluding steroid dienone is 2. The Kier molecular flexibility index (Phi) is 12.9. The molecular formula is C27H28Br4O8. The number of hydrogen-bond donors (Lipinski definition) is 2. The van der Waals surface area contributed by atoms with Gasteiger partial charge in [-0.2, -0.15) is 0 Å². The molecule has 2 aromatic carbocycles. The summed E-state index contributed by atoms with van der Waals surface area (Å²) in [6, 6.07) is 3.90. The van der Waals surface area contributed by atoms with Gasteiger partial charge < -0.3 is 29.2 Å². The highest BCUT2D eigenvalue weighted by molar-refractivity contribution is 9.11. The molecule has 2 N–H and O–H groups in total. The van der Waals surface area contributed by atoms with Gasteiger partial charge in [0, 0.05) is 25.5 Å². The molecule has 0 aliphatic rings. The van der Waals surface area contributed by atoms with E-state index in [1.807, 2.05) is 26.0 Å². The second-order valence-corrected chi connectivity index (χ2v) is 11.9. The summed E-state index contributed by atoms with van der Waals surface area (Å²) in [5.41, 5.74) is 2.61. The lowest BCUT2D eigenvalue weighted by Crippen LogP contribution is -2.24. The molecule has 212 valence electrons. The molecule has 8 nitrogen and oxygen atoms in total. The van der Waals surface area contributed by atoms with Crippen LogP contribution < -0.4 is 9.47 Å². The van der Waals surface area contributed by atoms with Gasteiger partial charge in [0.05, 0.1) is 8.95 Å². The monoisotopic (exact) mass is 796 g/mol. The zero-order valence-corrected chi connectivity index (χ0v) is 27.7. The first-order valence-corrected chi connectivity index (χ1v) is 14.7. The van der Waals surface area contributed by atoms with Gasteiger partial charge in [-0.1, -0.05) is 57.9 Å². The number of rotatable bonds is 14. The van der Waals surface area contributed by atoms with Crippen molar-refractivity contribution in [2.45, 2.75) is 32.1 Å². The van der Waals surface area contributed by atoms with Crippen LogP contribution in [-0.2, 0) is 27.7 Å². The first-order chi connectivity index (χ1) is 18.4. The van der Waals surface area contributed by atoms with Crippen molar-refractivity contribution < 1.29 is 38.7 Å². The van der Waals surface area contributed by atoms with Gasteiger partial charge in [-0.05, 0) is 68.0 Å². The minimum absolute atomic E-state index is 0.00924. The van der Waals surface area contributed by atoms with E-state index < -0.39 is 17.7 Å². The molecule has 0 heterocycles. The van der Waals surface area contributed by atoms with Crippen molar-refractivity contribution in [3.05, 3.63) is 77.6 Å². The van der Waals surface area contributed by atoms with E-state index in [1.54, 1.807) is 12.2 Å². The topological polar surface area (TPSA) is 112 Å². The molecule has 0 bridgehead atoms. The highest BCUT2D eigenvalue weighted by Gasteiger charge is 2.34. The smallest absolute Gasteiger partial charge is 0.489 e. The van der Waals surface area contributed by atoms with Crippen LogP contribution >= 0.6 is 63.7 Å². The number of halogens is 4. The van der Waals surface area contributed by atoms with Crippen molar-refractivity contribution in [3.8, 4) is 11.5 Å². The van der Waals surface area contributed by atoms with Gasteiger partial charge in [0.2, 0.25) is 0 Å². The van der Waals surface area contributed by atoms with Crippen LogP contribution in [0.3, 0.4) is 0 Å². The lowest BCUT2D eigenvalue weighted by molar-refractivity contribution is 0.0771. The summed E-state index contributed by atoms with van der Waals surface area (Å²) in [7, 11) is 0. The van der Waals surface area contributed by atoms with Gasteiger partial charge in [-0.3, -0.25) is 0 Å². The van der Waals surface area contributed by atoms with Gasteiger partial charge in [-0.25, -0.2) is 9.59 Å². The van der Waals surface area contributed by atoms with Crippen LogP contribution in [0.5, 0.6) is 11.5 Å². The molecule has 0 aromatic heterocycles. The Labute approximate surface area is 260 Å². The summed E-state index contributed by atoms with van der Waals surface area (Å²) in [4.78, 5) is 21.6. The van der Waals surface area contributed by atoms with Gasteiger partial charge in [0.1, 0.15) is 37.9 Å². The van der Waals surface area contributed by atoms with Crippen LogP contribution in [0, 0.1) is 0 Å². The van der Waals surface area contributed by atoms with Gasteiger partial charge in [0.15, 0.2) is 0 Å². The fourth-order valence-electron chi connectivity index (χ4n) is 3.84. The van der Waals surface area contributed by atoms with Crippen LogP contribution in [0.25, 0.3) is 0 Å². The summed E-state index contributed by atoms with van der Waals surface area (Å²) >= 11 is 14.7. The first-order valence-electron chi connectivity index (χ1n) is 11.6. The normalized spacial score (nSPS) is 11.0. The predicted octanol–water partition coefficient (Wildman–Crippen LogP) is 8.67. The van der Waals surface area contributed by atoms with Crippen LogP contribution in [0.4, 0.5) is 9.59 Å². The third-order valence-electron chi connectivity index (χ3n) is 5.69. The largest absolute Gasteiger partial charge is 0.505 e. The standard InChI is InChI=1S/C27H28Br4O8/c1-5-7-15-19(28)13-17(23(21(15)30)36-9-11-38-25(32)33)27(3,4)18-14-20(29)16(8-6-2)22(31)24(18)37-10-12-39-26(34)35/h5-6,13-14H,1-2,7-12H2,3-4H3,(H,32,33)(H,34,35). The molecule has 0 amide bonds. The van der Waals surface area contributed by atoms with Gasteiger partial charge in [0.25, 0.3) is 0 Å². The maximum Gasteiger partial charge on any atom is 0.505 e. The first kappa shape index (κ1) is 33.2. The number of carbonyl (C=O) groups is 2. The molecule has 0 radical (unpaired) electrons. The lowest BCUT2D eigenvalue weighted by Gasteiger charge is -2.32. The SMILES string of the molecule is C=CCc1c(Br)cc(C(C)(C)c2cc(Br)c(CC=C)c(Br)c2OCCOC(=O)O)c(OCCOC(=O)O)c1Br. The molecule has 0 unspecified atom stereocenters. The van der Waals surface area contributed by atoms with Crippen LogP contribution in [0.1, 0.15) is 36.1 Å².